The van der Waals surface area contributed by atoms with Crippen LogP contribution < -0.4 is 10.0 Å². The van der Waals surface area contributed by atoms with E-state index in [0.29, 0.717) is 41.7 Å². The normalized spacial score (nSPS) is 12.2. The Labute approximate surface area is 231 Å². The molecule has 4 aromatic rings. The Kier molecular flexibility index (Phi) is 8.63. The molecule has 0 aliphatic rings. The lowest BCUT2D eigenvalue weighted by Crippen LogP contribution is -2.27. The van der Waals surface area contributed by atoms with Crippen LogP contribution in [0.25, 0.3) is 10.9 Å². The molecule has 2 aromatic heterocycles. The van der Waals surface area contributed by atoms with Gasteiger partial charge in [0.2, 0.25) is 19.9 Å². The van der Waals surface area contributed by atoms with Gasteiger partial charge in [-0.3, -0.25) is 4.79 Å². The van der Waals surface area contributed by atoms with Crippen molar-refractivity contribution in [1.29, 1.82) is 0 Å². The van der Waals surface area contributed by atoms with E-state index in [1.54, 1.807) is 41.8 Å². The molecule has 12 heteroatoms. The average molecular weight is 594 g/mol. The number of thiophene rings is 1. The smallest absolute Gasteiger partial charge is 0.269 e. The Morgan fingerprint density at radius 1 is 0.947 bits per heavy atom. The number of hydrogen-bond donors (Lipinski definition) is 3. The van der Waals surface area contributed by atoms with Crippen molar-refractivity contribution in [3.8, 4) is 0 Å². The monoisotopic (exact) mass is 593 g/mol. The molecule has 3 N–H and O–H groups in total. The average Bonchev–Trinajstić information content (AvgIpc) is 3.51. The molecule has 0 radical (unpaired) electrons. The molecule has 4 rings (SSSR count). The summed E-state index contributed by atoms with van der Waals surface area (Å²) >= 11 is 7.33. The first-order valence-electron chi connectivity index (χ1n) is 11.9. The van der Waals surface area contributed by atoms with Gasteiger partial charge in [0, 0.05) is 29.0 Å². The Morgan fingerprint density at radius 3 is 2.34 bits per heavy atom. The predicted octanol–water partition coefficient (Wildman–Crippen LogP) is 5.21. The van der Waals surface area contributed by atoms with Gasteiger partial charge in [0.1, 0.15) is 14.8 Å². The fourth-order valence-electron chi connectivity index (χ4n) is 4.20. The van der Waals surface area contributed by atoms with E-state index in [1.165, 1.54) is 6.07 Å². The zero-order valence-electron chi connectivity index (χ0n) is 20.9. The van der Waals surface area contributed by atoms with Crippen LogP contribution in [0.1, 0.15) is 40.9 Å². The molecule has 1 amide bonds. The van der Waals surface area contributed by atoms with Crippen LogP contribution >= 0.6 is 22.9 Å². The summed E-state index contributed by atoms with van der Waals surface area (Å²) in [6.07, 6.45) is 1.86. The van der Waals surface area contributed by atoms with Gasteiger partial charge < -0.3 is 10.3 Å². The minimum Gasteiger partial charge on any atom is -0.351 e. The van der Waals surface area contributed by atoms with Gasteiger partial charge in [0.25, 0.3) is 5.91 Å². The maximum absolute atomic E-state index is 13.8. The Hall–Kier alpha value is -2.70. The van der Waals surface area contributed by atoms with E-state index < -0.39 is 25.8 Å². The van der Waals surface area contributed by atoms with Crippen molar-refractivity contribution in [1.82, 2.24) is 15.0 Å². The second-order valence-electron chi connectivity index (χ2n) is 8.99. The van der Waals surface area contributed by atoms with Crippen LogP contribution in [0, 0.1) is 13.8 Å². The molecule has 38 heavy (non-hydrogen) atoms. The van der Waals surface area contributed by atoms with Crippen molar-refractivity contribution in [3.05, 3.63) is 75.8 Å². The number of aromatic amines is 1. The predicted molar refractivity (Wildman–Crippen MR) is 150 cm³/mol. The summed E-state index contributed by atoms with van der Waals surface area (Å²) in [6, 6.07) is 13.1. The van der Waals surface area contributed by atoms with Crippen LogP contribution in [0.3, 0.4) is 0 Å². The number of carbonyl (C=O) groups excluding carboxylic acids is 1. The van der Waals surface area contributed by atoms with Gasteiger partial charge in [-0.15, -0.1) is 11.3 Å². The number of benzene rings is 2. The number of fused-ring (bicyclic) bond motifs is 1. The molecule has 0 unspecified atom stereocenters. The second kappa shape index (κ2) is 11.6. The minimum absolute atomic E-state index is 0.0508. The van der Waals surface area contributed by atoms with E-state index in [2.05, 4.69) is 15.0 Å². The fourth-order valence-corrected chi connectivity index (χ4v) is 8.27. The summed E-state index contributed by atoms with van der Waals surface area (Å²) in [7, 11) is -7.54. The molecule has 202 valence electrons. The molecule has 0 fully saturated rings. The summed E-state index contributed by atoms with van der Waals surface area (Å²) < 4.78 is 54.7. The third kappa shape index (κ3) is 6.29. The Bertz CT molecular complexity index is 1660. The molecule has 0 saturated heterocycles. The first-order valence-corrected chi connectivity index (χ1v) is 16.2. The number of aryl methyl sites for hydroxylation is 2. The Balaban J connectivity index is 1.45. The lowest BCUT2D eigenvalue weighted by molar-refractivity contribution is 0.0945. The first-order chi connectivity index (χ1) is 18.0. The highest BCUT2D eigenvalue weighted by Crippen LogP contribution is 2.34. The summed E-state index contributed by atoms with van der Waals surface area (Å²) in [6.45, 7) is 4.22. The molecule has 2 heterocycles. The van der Waals surface area contributed by atoms with Crippen LogP contribution in [0.15, 0.2) is 67.9 Å². The van der Waals surface area contributed by atoms with E-state index in [1.807, 2.05) is 19.9 Å². The van der Waals surface area contributed by atoms with Gasteiger partial charge in [-0.1, -0.05) is 30.2 Å². The molecule has 0 spiro atoms. The standard InChI is InChI=1S/C26H28ClN3O5S3/c1-17-13-18(2)15-20(14-17)37(32,33)25-21-16-19(27)8-9-22(21)30-24(25)26(31)28-10-4-3-5-11-29-38(34,35)23-7-6-12-36-23/h6-9,12-16,29-30H,3-5,10-11H2,1-2H3,(H,28,31). The lowest BCUT2D eigenvalue weighted by atomic mass is 10.2. The number of carbonyl (C=O) groups is 1. The van der Waals surface area contributed by atoms with E-state index in [-0.39, 0.29) is 26.2 Å². The number of rotatable bonds is 11. The summed E-state index contributed by atoms with van der Waals surface area (Å²) in [5, 5.41) is 5.20. The summed E-state index contributed by atoms with van der Waals surface area (Å²) in [5.41, 5.74) is 2.03. The third-order valence-electron chi connectivity index (χ3n) is 5.91. The molecule has 0 aliphatic carbocycles. The molecule has 0 saturated carbocycles. The van der Waals surface area contributed by atoms with Gasteiger partial charge in [0.15, 0.2) is 0 Å². The van der Waals surface area contributed by atoms with Gasteiger partial charge in [0.05, 0.1) is 4.90 Å². The van der Waals surface area contributed by atoms with Crippen molar-refractivity contribution in [2.45, 2.75) is 47.1 Å². The molecule has 0 aliphatic heterocycles. The molecule has 2 aromatic carbocycles. The number of amides is 1. The highest BCUT2D eigenvalue weighted by molar-refractivity contribution is 7.92. The highest BCUT2D eigenvalue weighted by atomic mass is 35.5. The minimum atomic E-state index is -4.05. The SMILES string of the molecule is Cc1cc(C)cc(S(=O)(=O)c2c(C(=O)NCCCCCNS(=O)(=O)c3cccs3)[nH]c3ccc(Cl)cc23)c1. The zero-order chi connectivity index (χ0) is 27.5. The Morgan fingerprint density at radius 2 is 1.66 bits per heavy atom. The maximum Gasteiger partial charge on any atom is 0.269 e. The van der Waals surface area contributed by atoms with Gasteiger partial charge in [-0.05, 0) is 79.6 Å². The number of hydrogen-bond acceptors (Lipinski definition) is 6. The van der Waals surface area contributed by atoms with Crippen LogP contribution in [-0.2, 0) is 19.9 Å². The van der Waals surface area contributed by atoms with E-state index in [0.717, 1.165) is 22.5 Å². The number of unbranched alkanes of at least 4 members (excludes halogenated alkanes) is 2. The number of halogens is 1. The van der Waals surface area contributed by atoms with Crippen molar-refractivity contribution in [2.24, 2.45) is 0 Å². The number of sulfone groups is 1. The van der Waals surface area contributed by atoms with Crippen LogP contribution in [0.4, 0.5) is 0 Å². The van der Waals surface area contributed by atoms with Crippen molar-refractivity contribution < 1.29 is 21.6 Å². The maximum atomic E-state index is 13.8. The molecular formula is C26H28ClN3O5S3. The number of sulfonamides is 1. The van der Waals surface area contributed by atoms with Gasteiger partial charge >= 0.3 is 0 Å². The van der Waals surface area contributed by atoms with Crippen LogP contribution in [0.5, 0.6) is 0 Å². The number of nitrogens with one attached hydrogen (secondary N) is 3. The molecule has 8 nitrogen and oxygen atoms in total. The molecular weight excluding hydrogens is 566 g/mol. The number of H-pyrrole nitrogens is 1. The van der Waals surface area contributed by atoms with E-state index in [9.17, 15) is 21.6 Å². The summed E-state index contributed by atoms with van der Waals surface area (Å²) in [5.74, 6) is -0.543. The van der Waals surface area contributed by atoms with Gasteiger partial charge in [-0.2, -0.15) is 0 Å². The van der Waals surface area contributed by atoms with E-state index in [4.69, 9.17) is 11.6 Å². The molecule has 0 atom stereocenters. The largest absolute Gasteiger partial charge is 0.351 e. The summed E-state index contributed by atoms with van der Waals surface area (Å²) in [4.78, 5) is 16.1. The molecule has 0 bridgehead atoms. The lowest BCUT2D eigenvalue weighted by Gasteiger charge is -2.10. The first kappa shape index (κ1) is 28.3. The second-order valence-corrected chi connectivity index (χ2v) is 14.3. The highest BCUT2D eigenvalue weighted by Gasteiger charge is 2.30. The van der Waals surface area contributed by atoms with E-state index >= 15 is 0 Å². The van der Waals surface area contributed by atoms with Crippen molar-refractivity contribution in [3.63, 3.8) is 0 Å². The van der Waals surface area contributed by atoms with Crippen molar-refractivity contribution in [2.75, 3.05) is 13.1 Å². The van der Waals surface area contributed by atoms with Gasteiger partial charge in [-0.25, -0.2) is 21.6 Å². The van der Waals surface area contributed by atoms with Crippen LogP contribution in [-0.4, -0.2) is 40.8 Å². The fraction of sp³-hybridized carbons (Fsp3) is 0.269. The van der Waals surface area contributed by atoms with Crippen LogP contribution in [0.2, 0.25) is 5.02 Å². The van der Waals surface area contributed by atoms with Crippen molar-refractivity contribution >= 4 is 59.6 Å². The quantitative estimate of drug-likeness (QED) is 0.206. The topological polar surface area (TPSA) is 125 Å². The third-order valence-corrected chi connectivity index (χ3v) is 10.8. The number of aromatic nitrogens is 1. The zero-order valence-corrected chi connectivity index (χ0v) is 24.1.